The third kappa shape index (κ3) is 4.20. The maximum Gasteiger partial charge on any atom is 0.0702 e. The first kappa shape index (κ1) is 17.2. The number of nitrogens with zero attached hydrogens (tertiary/aromatic N) is 1. The smallest absolute Gasteiger partial charge is 0.0702 e. The van der Waals surface area contributed by atoms with E-state index in [-0.39, 0.29) is 0 Å². The molecule has 0 spiro atoms. The Kier molecular flexibility index (Phi) is 5.72. The molecule has 0 aromatic heterocycles. The molecule has 3 nitrogen and oxygen atoms in total. The van der Waals surface area contributed by atoms with Crippen LogP contribution in [0.1, 0.15) is 53.4 Å². The number of nitrogens with one attached hydrogen (secondary N) is 1. The van der Waals surface area contributed by atoms with Gasteiger partial charge in [-0.2, -0.15) is 0 Å². The SMILES string of the molecule is CNC1CCC(C(C)(C)C)CC1CN(C)C1CCOC1C. The van der Waals surface area contributed by atoms with Gasteiger partial charge in [-0.15, -0.1) is 0 Å². The Bertz CT molecular complexity index is 326. The number of hydrogen-bond donors (Lipinski definition) is 1. The molecule has 0 aromatic rings. The Morgan fingerprint density at radius 3 is 2.43 bits per heavy atom. The molecule has 124 valence electrons. The minimum Gasteiger partial charge on any atom is -0.377 e. The molecule has 0 radical (unpaired) electrons. The zero-order valence-electron chi connectivity index (χ0n) is 15.0. The summed E-state index contributed by atoms with van der Waals surface area (Å²) in [5.74, 6) is 1.63. The molecule has 5 atom stereocenters. The fourth-order valence-corrected chi connectivity index (χ4v) is 4.44. The Balaban J connectivity index is 1.97. The maximum absolute atomic E-state index is 5.75. The standard InChI is InChI=1S/C18H36N2O/c1-13-17(9-10-21-13)20(6)12-14-11-15(18(2,3)4)7-8-16(14)19-5/h13-17,19H,7-12H2,1-6H3. The third-order valence-electron chi connectivity index (χ3n) is 6.00. The van der Waals surface area contributed by atoms with E-state index in [0.717, 1.165) is 18.4 Å². The van der Waals surface area contributed by atoms with Crippen LogP contribution in [-0.4, -0.2) is 50.3 Å². The first-order chi connectivity index (χ1) is 9.82. The summed E-state index contributed by atoms with van der Waals surface area (Å²) in [7, 11) is 4.43. The first-order valence-electron chi connectivity index (χ1n) is 8.82. The lowest BCUT2D eigenvalue weighted by Gasteiger charge is -2.44. The van der Waals surface area contributed by atoms with Crippen LogP contribution >= 0.6 is 0 Å². The number of rotatable bonds is 4. The largest absolute Gasteiger partial charge is 0.377 e. The van der Waals surface area contributed by atoms with E-state index in [1.807, 2.05) is 0 Å². The molecule has 1 aliphatic heterocycles. The fraction of sp³-hybridized carbons (Fsp3) is 1.00. The molecule has 0 bridgehead atoms. The minimum atomic E-state index is 0.394. The molecular formula is C18H36N2O. The van der Waals surface area contributed by atoms with Crippen LogP contribution in [0.3, 0.4) is 0 Å². The van der Waals surface area contributed by atoms with Crippen molar-refractivity contribution in [2.75, 3.05) is 27.2 Å². The van der Waals surface area contributed by atoms with Crippen LogP contribution in [0, 0.1) is 17.3 Å². The van der Waals surface area contributed by atoms with Gasteiger partial charge >= 0.3 is 0 Å². The van der Waals surface area contributed by atoms with E-state index in [1.165, 1.54) is 32.2 Å². The first-order valence-corrected chi connectivity index (χ1v) is 8.82. The van der Waals surface area contributed by atoms with Crippen LogP contribution in [0.4, 0.5) is 0 Å². The molecule has 1 N–H and O–H groups in total. The van der Waals surface area contributed by atoms with Gasteiger partial charge in [-0.05, 0) is 64.0 Å². The number of hydrogen-bond acceptors (Lipinski definition) is 3. The van der Waals surface area contributed by atoms with Crippen LogP contribution in [0.2, 0.25) is 0 Å². The van der Waals surface area contributed by atoms with Gasteiger partial charge in [0, 0.05) is 25.2 Å². The maximum atomic E-state index is 5.75. The summed E-state index contributed by atoms with van der Waals surface area (Å²) in [6, 6.07) is 1.29. The zero-order valence-corrected chi connectivity index (χ0v) is 15.0. The molecule has 2 fully saturated rings. The van der Waals surface area contributed by atoms with Crippen LogP contribution in [0.25, 0.3) is 0 Å². The summed E-state index contributed by atoms with van der Waals surface area (Å²) >= 11 is 0. The quantitative estimate of drug-likeness (QED) is 0.862. The van der Waals surface area contributed by atoms with E-state index < -0.39 is 0 Å². The number of likely N-dealkylation sites (N-methyl/N-ethyl adjacent to an activating group) is 1. The number of ether oxygens (including phenoxy) is 1. The van der Waals surface area contributed by atoms with E-state index >= 15 is 0 Å². The molecule has 2 rings (SSSR count). The van der Waals surface area contributed by atoms with Crippen LogP contribution in [0.15, 0.2) is 0 Å². The summed E-state index contributed by atoms with van der Waals surface area (Å²) < 4.78 is 5.75. The van der Waals surface area contributed by atoms with Gasteiger partial charge in [0.05, 0.1) is 6.10 Å². The average Bonchev–Trinajstić information content (AvgIpc) is 2.84. The van der Waals surface area contributed by atoms with Gasteiger partial charge in [-0.25, -0.2) is 0 Å². The highest BCUT2D eigenvalue weighted by atomic mass is 16.5. The van der Waals surface area contributed by atoms with E-state index in [9.17, 15) is 0 Å². The molecule has 5 unspecified atom stereocenters. The van der Waals surface area contributed by atoms with Crippen molar-refractivity contribution >= 4 is 0 Å². The second-order valence-corrected chi connectivity index (χ2v) is 8.40. The van der Waals surface area contributed by atoms with Gasteiger partial charge in [-0.1, -0.05) is 20.8 Å². The van der Waals surface area contributed by atoms with Crippen LogP contribution in [0.5, 0.6) is 0 Å². The Morgan fingerprint density at radius 2 is 1.90 bits per heavy atom. The third-order valence-corrected chi connectivity index (χ3v) is 6.00. The van der Waals surface area contributed by atoms with Crippen molar-refractivity contribution in [3.63, 3.8) is 0 Å². The summed E-state index contributed by atoms with van der Waals surface area (Å²) in [4.78, 5) is 2.57. The molecule has 0 aromatic carbocycles. The second-order valence-electron chi connectivity index (χ2n) is 8.40. The van der Waals surface area contributed by atoms with Crippen molar-refractivity contribution in [1.82, 2.24) is 10.2 Å². The van der Waals surface area contributed by atoms with Crippen LogP contribution < -0.4 is 5.32 Å². The molecule has 2 aliphatic rings. The summed E-state index contributed by atoms with van der Waals surface area (Å²) in [5.41, 5.74) is 0.444. The lowest BCUT2D eigenvalue weighted by Crippen LogP contribution is -2.48. The Hall–Kier alpha value is -0.120. The minimum absolute atomic E-state index is 0.394. The molecule has 1 aliphatic carbocycles. The Labute approximate surface area is 131 Å². The average molecular weight is 296 g/mol. The Morgan fingerprint density at radius 1 is 1.19 bits per heavy atom. The van der Waals surface area contributed by atoms with E-state index in [4.69, 9.17) is 4.74 Å². The monoisotopic (exact) mass is 296 g/mol. The summed E-state index contributed by atoms with van der Waals surface area (Å²) in [6.45, 7) is 11.6. The predicted molar refractivity (Wildman–Crippen MR) is 89.6 cm³/mol. The lowest BCUT2D eigenvalue weighted by molar-refractivity contribution is 0.0557. The van der Waals surface area contributed by atoms with E-state index in [2.05, 4.69) is 52.0 Å². The molecule has 3 heteroatoms. The topological polar surface area (TPSA) is 24.5 Å². The molecule has 0 amide bonds. The van der Waals surface area contributed by atoms with Gasteiger partial charge in [0.25, 0.3) is 0 Å². The normalized spacial score (nSPS) is 38.1. The highest BCUT2D eigenvalue weighted by Crippen LogP contribution is 2.40. The summed E-state index contributed by atoms with van der Waals surface area (Å²) in [6.07, 6.45) is 5.65. The van der Waals surface area contributed by atoms with Gasteiger partial charge in [0.15, 0.2) is 0 Å². The molecule has 1 saturated heterocycles. The van der Waals surface area contributed by atoms with Gasteiger partial charge in [0.2, 0.25) is 0 Å². The van der Waals surface area contributed by atoms with Crippen molar-refractivity contribution in [1.29, 1.82) is 0 Å². The van der Waals surface area contributed by atoms with Gasteiger partial charge < -0.3 is 15.0 Å². The molecule has 1 heterocycles. The van der Waals surface area contributed by atoms with E-state index in [1.54, 1.807) is 0 Å². The molecule has 21 heavy (non-hydrogen) atoms. The van der Waals surface area contributed by atoms with Crippen molar-refractivity contribution in [2.45, 2.75) is 71.6 Å². The van der Waals surface area contributed by atoms with Crippen molar-refractivity contribution in [3.8, 4) is 0 Å². The van der Waals surface area contributed by atoms with Crippen LogP contribution in [-0.2, 0) is 4.74 Å². The van der Waals surface area contributed by atoms with Crippen molar-refractivity contribution in [2.24, 2.45) is 17.3 Å². The molecular weight excluding hydrogens is 260 g/mol. The summed E-state index contributed by atoms with van der Waals surface area (Å²) in [5, 5.41) is 3.58. The molecule has 1 saturated carbocycles. The lowest BCUT2D eigenvalue weighted by atomic mass is 9.67. The highest BCUT2D eigenvalue weighted by molar-refractivity contribution is 4.91. The van der Waals surface area contributed by atoms with Crippen molar-refractivity contribution in [3.05, 3.63) is 0 Å². The predicted octanol–water partition coefficient (Wildman–Crippen LogP) is 3.15. The van der Waals surface area contributed by atoms with E-state index in [0.29, 0.717) is 23.6 Å². The zero-order chi connectivity index (χ0) is 15.6. The van der Waals surface area contributed by atoms with Gasteiger partial charge in [0.1, 0.15) is 0 Å². The van der Waals surface area contributed by atoms with Gasteiger partial charge in [-0.3, -0.25) is 0 Å². The highest BCUT2D eigenvalue weighted by Gasteiger charge is 2.37. The van der Waals surface area contributed by atoms with Crippen molar-refractivity contribution < 1.29 is 4.74 Å². The fourth-order valence-electron chi connectivity index (χ4n) is 4.44. The second kappa shape index (κ2) is 6.97.